The topological polar surface area (TPSA) is 95.9 Å². The van der Waals surface area contributed by atoms with Crippen molar-refractivity contribution in [2.75, 3.05) is 13.2 Å². The largest absolute Gasteiger partial charge is 0.466 e. The summed E-state index contributed by atoms with van der Waals surface area (Å²) in [7, 11) is 0. The number of nitrogens with one attached hydrogen (secondary N) is 1. The molecule has 0 saturated heterocycles. The Kier molecular flexibility index (Phi) is 52.6. The number of allylic oxidation sites excluding steroid dienone is 4. The molecule has 2 atom stereocenters. The predicted molar refractivity (Wildman–Crippen MR) is 278 cm³/mol. The van der Waals surface area contributed by atoms with E-state index < -0.39 is 12.1 Å². The number of aliphatic hydroxyl groups is 2. The number of unbranched alkanes of at least 4 members (excludes halogenated alkanes) is 38. The number of rotatable bonds is 53. The number of carbonyl (C=O) groups is 2. The fraction of sp³-hybridized carbons (Fsp3) is 0.897. The average Bonchev–Trinajstić information content (AvgIpc) is 3.29. The SMILES string of the molecule is CCCCC/C=C\CCCCCCCC(=O)OCCCC/C=C\CCCCCCCC(=O)NC(CO)C(O)CCCCCCCCCCCCCCCCCCCCCCCCCC. The smallest absolute Gasteiger partial charge is 0.305 e. The molecule has 0 radical (unpaired) electrons. The van der Waals surface area contributed by atoms with Crippen molar-refractivity contribution in [3.8, 4) is 0 Å². The van der Waals surface area contributed by atoms with E-state index in [1.807, 2.05) is 0 Å². The molecule has 0 spiro atoms. The zero-order chi connectivity index (χ0) is 46.5. The van der Waals surface area contributed by atoms with Crippen LogP contribution in [0.1, 0.15) is 309 Å². The molecule has 0 fully saturated rings. The molecule has 3 N–H and O–H groups in total. The number of ether oxygens (including phenoxy) is 1. The van der Waals surface area contributed by atoms with E-state index in [1.165, 1.54) is 193 Å². The molecule has 64 heavy (non-hydrogen) atoms. The molecule has 6 heteroatoms. The van der Waals surface area contributed by atoms with E-state index in [9.17, 15) is 19.8 Å². The van der Waals surface area contributed by atoms with Gasteiger partial charge in [-0.15, -0.1) is 0 Å². The van der Waals surface area contributed by atoms with Crippen LogP contribution < -0.4 is 5.32 Å². The Morgan fingerprint density at radius 2 is 0.734 bits per heavy atom. The van der Waals surface area contributed by atoms with Crippen LogP contribution in [-0.2, 0) is 14.3 Å². The summed E-state index contributed by atoms with van der Waals surface area (Å²) in [6.07, 6.45) is 64.6. The van der Waals surface area contributed by atoms with Crippen LogP contribution in [0.5, 0.6) is 0 Å². The standard InChI is InChI=1S/C58H111NO5/c1-3-5-7-9-11-13-15-17-18-19-20-21-22-23-24-25-26-27-28-30-34-38-42-46-50-56(61)55(54-60)59-57(62)51-47-43-39-35-31-29-33-37-41-45-49-53-64-58(63)52-48-44-40-36-32-16-14-12-10-8-6-4-2/h12,14,33,37,55-56,60-61H,3-11,13,15-32,34-36,38-54H2,1-2H3,(H,59,62)/b14-12-,37-33-. The van der Waals surface area contributed by atoms with Crippen molar-refractivity contribution >= 4 is 11.9 Å². The van der Waals surface area contributed by atoms with Crippen molar-refractivity contribution in [2.45, 2.75) is 321 Å². The zero-order valence-electron chi connectivity index (χ0n) is 43.0. The Morgan fingerprint density at radius 1 is 0.422 bits per heavy atom. The molecule has 0 aliphatic rings. The molecule has 1 amide bonds. The van der Waals surface area contributed by atoms with Crippen LogP contribution in [0.4, 0.5) is 0 Å². The third-order valence-electron chi connectivity index (χ3n) is 13.2. The average molecular weight is 903 g/mol. The van der Waals surface area contributed by atoms with E-state index in [0.29, 0.717) is 25.9 Å². The fourth-order valence-electron chi connectivity index (χ4n) is 8.81. The van der Waals surface area contributed by atoms with Crippen LogP contribution in [-0.4, -0.2) is 47.4 Å². The molecule has 378 valence electrons. The van der Waals surface area contributed by atoms with Gasteiger partial charge in [-0.3, -0.25) is 9.59 Å². The highest BCUT2D eigenvalue weighted by molar-refractivity contribution is 5.76. The van der Waals surface area contributed by atoms with Gasteiger partial charge in [0.25, 0.3) is 0 Å². The third-order valence-corrected chi connectivity index (χ3v) is 13.2. The quantitative estimate of drug-likeness (QED) is 0.0321. The van der Waals surface area contributed by atoms with Gasteiger partial charge in [0.1, 0.15) is 0 Å². The second-order valence-electron chi connectivity index (χ2n) is 19.6. The lowest BCUT2D eigenvalue weighted by atomic mass is 10.0. The highest BCUT2D eigenvalue weighted by Gasteiger charge is 2.20. The van der Waals surface area contributed by atoms with Gasteiger partial charge in [-0.05, 0) is 77.0 Å². The third kappa shape index (κ3) is 49.8. The normalized spacial score (nSPS) is 12.8. The molecule has 0 saturated carbocycles. The molecular formula is C58H111NO5. The lowest BCUT2D eigenvalue weighted by Gasteiger charge is -2.22. The zero-order valence-corrected chi connectivity index (χ0v) is 43.0. The van der Waals surface area contributed by atoms with Crippen LogP contribution in [0.25, 0.3) is 0 Å². The first-order valence-corrected chi connectivity index (χ1v) is 28.6. The number of amides is 1. The summed E-state index contributed by atoms with van der Waals surface area (Å²) in [6, 6.07) is -0.564. The first-order valence-electron chi connectivity index (χ1n) is 28.6. The summed E-state index contributed by atoms with van der Waals surface area (Å²) in [6.45, 7) is 4.86. The van der Waals surface area contributed by atoms with E-state index in [4.69, 9.17) is 4.74 Å². The van der Waals surface area contributed by atoms with Gasteiger partial charge in [-0.25, -0.2) is 0 Å². The molecule has 0 rings (SSSR count). The maximum atomic E-state index is 12.5. The summed E-state index contributed by atoms with van der Waals surface area (Å²) in [5.74, 6) is -0.102. The second-order valence-corrected chi connectivity index (χ2v) is 19.6. The molecular weight excluding hydrogens is 791 g/mol. The highest BCUT2D eigenvalue weighted by Crippen LogP contribution is 2.17. The van der Waals surface area contributed by atoms with Crippen molar-refractivity contribution in [1.82, 2.24) is 5.32 Å². The summed E-state index contributed by atoms with van der Waals surface area (Å²) < 4.78 is 5.42. The maximum absolute atomic E-state index is 12.5. The van der Waals surface area contributed by atoms with Crippen molar-refractivity contribution in [3.05, 3.63) is 24.3 Å². The lowest BCUT2D eigenvalue weighted by Crippen LogP contribution is -2.45. The number of aliphatic hydroxyl groups excluding tert-OH is 2. The second kappa shape index (κ2) is 54.0. The van der Waals surface area contributed by atoms with Crippen molar-refractivity contribution in [1.29, 1.82) is 0 Å². The molecule has 0 aliphatic heterocycles. The van der Waals surface area contributed by atoms with Gasteiger partial charge in [0.15, 0.2) is 0 Å². The summed E-state index contributed by atoms with van der Waals surface area (Å²) >= 11 is 0. The first-order chi connectivity index (χ1) is 31.5. The minimum Gasteiger partial charge on any atom is -0.466 e. The summed E-state index contributed by atoms with van der Waals surface area (Å²) in [5.41, 5.74) is 0. The van der Waals surface area contributed by atoms with Gasteiger partial charge in [0.2, 0.25) is 5.91 Å². The Balaban J connectivity index is 3.50. The molecule has 2 unspecified atom stereocenters. The minimum absolute atomic E-state index is 0.0406. The number of esters is 1. The van der Waals surface area contributed by atoms with Crippen molar-refractivity contribution in [3.63, 3.8) is 0 Å². The Labute approximate surface area is 399 Å². The Hall–Kier alpha value is -1.66. The number of carbonyl (C=O) groups excluding carboxylic acids is 2. The van der Waals surface area contributed by atoms with Crippen molar-refractivity contribution in [2.24, 2.45) is 0 Å². The predicted octanol–water partition coefficient (Wildman–Crippen LogP) is 17.5. The summed E-state index contributed by atoms with van der Waals surface area (Å²) in [5, 5.41) is 23.3. The van der Waals surface area contributed by atoms with Gasteiger partial charge in [0.05, 0.1) is 25.4 Å². The fourth-order valence-corrected chi connectivity index (χ4v) is 8.81. The number of hydrogen-bond acceptors (Lipinski definition) is 5. The van der Waals surface area contributed by atoms with Crippen molar-refractivity contribution < 1.29 is 24.5 Å². The van der Waals surface area contributed by atoms with Gasteiger partial charge < -0.3 is 20.3 Å². The van der Waals surface area contributed by atoms with E-state index in [-0.39, 0.29) is 18.5 Å². The molecule has 0 aromatic heterocycles. The molecule has 6 nitrogen and oxygen atoms in total. The van der Waals surface area contributed by atoms with E-state index in [1.54, 1.807) is 0 Å². The first kappa shape index (κ1) is 62.3. The highest BCUT2D eigenvalue weighted by atomic mass is 16.5. The molecule has 0 aromatic carbocycles. The van der Waals surface area contributed by atoms with E-state index >= 15 is 0 Å². The van der Waals surface area contributed by atoms with Crippen LogP contribution >= 0.6 is 0 Å². The Morgan fingerprint density at radius 3 is 1.14 bits per heavy atom. The molecule has 0 heterocycles. The maximum Gasteiger partial charge on any atom is 0.305 e. The van der Waals surface area contributed by atoms with Gasteiger partial charge in [0, 0.05) is 12.8 Å². The number of hydrogen-bond donors (Lipinski definition) is 3. The van der Waals surface area contributed by atoms with Gasteiger partial charge >= 0.3 is 5.97 Å². The minimum atomic E-state index is -0.684. The lowest BCUT2D eigenvalue weighted by molar-refractivity contribution is -0.143. The molecule has 0 bridgehead atoms. The van der Waals surface area contributed by atoms with E-state index in [0.717, 1.165) is 83.5 Å². The van der Waals surface area contributed by atoms with Crippen LogP contribution in [0.15, 0.2) is 24.3 Å². The van der Waals surface area contributed by atoms with Crippen LogP contribution in [0.3, 0.4) is 0 Å². The molecule has 0 aliphatic carbocycles. The van der Waals surface area contributed by atoms with Gasteiger partial charge in [-0.2, -0.15) is 0 Å². The van der Waals surface area contributed by atoms with Gasteiger partial charge in [-0.1, -0.05) is 244 Å². The Bertz CT molecular complexity index is 997. The van der Waals surface area contributed by atoms with E-state index in [2.05, 4.69) is 43.5 Å². The molecule has 0 aromatic rings. The summed E-state index contributed by atoms with van der Waals surface area (Å²) in [4.78, 5) is 24.5. The monoisotopic (exact) mass is 902 g/mol. The van der Waals surface area contributed by atoms with Crippen LogP contribution in [0.2, 0.25) is 0 Å². The van der Waals surface area contributed by atoms with Crippen LogP contribution in [0, 0.1) is 0 Å².